The van der Waals surface area contributed by atoms with E-state index in [0.29, 0.717) is 5.41 Å². The van der Waals surface area contributed by atoms with Gasteiger partial charge in [0.25, 0.3) is 0 Å². The van der Waals surface area contributed by atoms with Crippen LogP contribution in [0.3, 0.4) is 0 Å². The lowest BCUT2D eigenvalue weighted by molar-refractivity contribution is 0.301. The van der Waals surface area contributed by atoms with Crippen molar-refractivity contribution in [3.05, 3.63) is 0 Å². The van der Waals surface area contributed by atoms with Gasteiger partial charge in [-0.2, -0.15) is 0 Å². The fourth-order valence-corrected chi connectivity index (χ4v) is 2.68. The van der Waals surface area contributed by atoms with Crippen LogP contribution in [0.15, 0.2) is 0 Å². The Labute approximate surface area is 144 Å². The third-order valence-corrected chi connectivity index (χ3v) is 4.29. The molecule has 0 amide bonds. The Balaban J connectivity index is -0.000000252. The summed E-state index contributed by atoms with van der Waals surface area (Å²) in [6.45, 7) is 20.5. The van der Waals surface area contributed by atoms with Crippen molar-refractivity contribution < 1.29 is 0 Å². The third kappa shape index (κ3) is 28.2. The second kappa shape index (κ2) is 21.0. The summed E-state index contributed by atoms with van der Waals surface area (Å²) in [4.78, 5) is 0. The molecular formula is C22H50. The van der Waals surface area contributed by atoms with E-state index in [1.54, 1.807) is 0 Å². The Bertz CT molecular complexity index is 157. The van der Waals surface area contributed by atoms with E-state index in [1.807, 2.05) is 0 Å². The standard InChI is InChI=1S/C9H20.C7H16.C6H14/c1-5-7-9(3,4)8-6-2;1-4-6-7(3)5-2;1-3-5-6-4-2/h5-8H2,1-4H3;7H,4-6H2,1-3H3;3-6H2,1-2H3. The SMILES string of the molecule is CCCC(C)(C)CCC.CCCC(C)CC.CCCCCC. The van der Waals surface area contributed by atoms with Crippen molar-refractivity contribution in [2.45, 2.75) is 133 Å². The fraction of sp³-hybridized carbons (Fsp3) is 1.00. The van der Waals surface area contributed by atoms with Gasteiger partial charge in [0.2, 0.25) is 0 Å². The summed E-state index contributed by atoms with van der Waals surface area (Å²) in [5, 5.41) is 0. The molecule has 0 N–H and O–H groups in total. The first-order valence-electron chi connectivity index (χ1n) is 10.3. The van der Waals surface area contributed by atoms with Gasteiger partial charge in [0.15, 0.2) is 0 Å². The maximum Gasteiger partial charge on any atom is -0.0354 e. The lowest BCUT2D eigenvalue weighted by atomic mass is 9.84. The zero-order chi connectivity index (χ0) is 17.9. The zero-order valence-corrected chi connectivity index (χ0v) is 17.9. The summed E-state index contributed by atoms with van der Waals surface area (Å²) >= 11 is 0. The fourth-order valence-electron chi connectivity index (χ4n) is 2.68. The van der Waals surface area contributed by atoms with Crippen LogP contribution in [0.1, 0.15) is 133 Å². The molecule has 0 aromatic rings. The molecule has 0 aliphatic heterocycles. The van der Waals surface area contributed by atoms with E-state index in [9.17, 15) is 0 Å². The highest BCUT2D eigenvalue weighted by atomic mass is 14.2. The summed E-state index contributed by atoms with van der Waals surface area (Å²) in [5.74, 6) is 0.949. The van der Waals surface area contributed by atoms with Gasteiger partial charge in [-0.15, -0.1) is 0 Å². The minimum Gasteiger partial charge on any atom is -0.0654 e. The summed E-state index contributed by atoms with van der Waals surface area (Å²) in [5.41, 5.74) is 0.601. The van der Waals surface area contributed by atoms with Crippen LogP contribution in [0.4, 0.5) is 0 Å². The highest BCUT2D eigenvalue weighted by Crippen LogP contribution is 2.27. The molecule has 1 unspecified atom stereocenters. The van der Waals surface area contributed by atoms with Crippen LogP contribution in [0.2, 0.25) is 0 Å². The largest absolute Gasteiger partial charge is 0.0654 e. The Kier molecular flexibility index (Phi) is 25.7. The minimum atomic E-state index is 0.601. The molecule has 0 aromatic heterocycles. The monoisotopic (exact) mass is 314 g/mol. The smallest absolute Gasteiger partial charge is 0.0354 e. The topological polar surface area (TPSA) is 0 Å². The molecular weight excluding hydrogens is 264 g/mol. The van der Waals surface area contributed by atoms with Gasteiger partial charge in [0.05, 0.1) is 0 Å². The van der Waals surface area contributed by atoms with Crippen molar-refractivity contribution in [2.24, 2.45) is 11.3 Å². The minimum absolute atomic E-state index is 0.601. The van der Waals surface area contributed by atoms with Crippen molar-refractivity contribution in [3.63, 3.8) is 0 Å². The Morgan fingerprint density at radius 3 is 1.23 bits per heavy atom. The summed E-state index contributed by atoms with van der Waals surface area (Å²) in [6.07, 6.45) is 15.0. The van der Waals surface area contributed by atoms with E-state index in [2.05, 4.69) is 62.3 Å². The van der Waals surface area contributed by atoms with Gasteiger partial charge in [0, 0.05) is 0 Å². The lowest BCUT2D eigenvalue weighted by Crippen LogP contribution is -2.09. The van der Waals surface area contributed by atoms with Crippen LogP contribution < -0.4 is 0 Å². The van der Waals surface area contributed by atoms with Crippen molar-refractivity contribution in [1.29, 1.82) is 0 Å². The average Bonchev–Trinajstić information content (AvgIpc) is 2.46. The van der Waals surface area contributed by atoms with E-state index in [1.165, 1.54) is 70.6 Å². The quantitative estimate of drug-likeness (QED) is 0.353. The molecule has 1 atom stereocenters. The molecule has 0 bridgehead atoms. The van der Waals surface area contributed by atoms with E-state index in [4.69, 9.17) is 0 Å². The maximum absolute atomic E-state index is 2.36. The molecule has 0 aliphatic carbocycles. The van der Waals surface area contributed by atoms with E-state index in [-0.39, 0.29) is 0 Å². The molecule has 138 valence electrons. The summed E-state index contributed by atoms with van der Waals surface area (Å²) in [7, 11) is 0. The van der Waals surface area contributed by atoms with E-state index >= 15 is 0 Å². The highest BCUT2D eigenvalue weighted by Gasteiger charge is 2.13. The third-order valence-electron chi connectivity index (χ3n) is 4.29. The first-order valence-corrected chi connectivity index (χ1v) is 10.3. The van der Waals surface area contributed by atoms with Crippen molar-refractivity contribution in [2.75, 3.05) is 0 Å². The van der Waals surface area contributed by atoms with Crippen LogP contribution in [-0.4, -0.2) is 0 Å². The molecule has 0 nitrogen and oxygen atoms in total. The van der Waals surface area contributed by atoms with Crippen LogP contribution in [-0.2, 0) is 0 Å². The van der Waals surface area contributed by atoms with Gasteiger partial charge in [-0.25, -0.2) is 0 Å². The second-order valence-electron chi connectivity index (χ2n) is 7.67. The normalized spacial score (nSPS) is 11.9. The second-order valence-corrected chi connectivity index (χ2v) is 7.67. The lowest BCUT2D eigenvalue weighted by Gasteiger charge is -2.22. The Morgan fingerprint density at radius 2 is 1.05 bits per heavy atom. The van der Waals surface area contributed by atoms with Gasteiger partial charge < -0.3 is 0 Å². The molecule has 0 saturated carbocycles. The number of hydrogen-bond donors (Lipinski definition) is 0. The van der Waals surface area contributed by atoms with E-state index < -0.39 is 0 Å². The number of rotatable bonds is 10. The number of unbranched alkanes of at least 4 members (excludes halogenated alkanes) is 3. The summed E-state index contributed by atoms with van der Waals surface area (Å²) in [6, 6.07) is 0. The van der Waals surface area contributed by atoms with Gasteiger partial charge in [-0.05, 0) is 24.2 Å². The molecule has 0 heteroatoms. The average molecular weight is 315 g/mol. The maximum atomic E-state index is 2.36. The van der Waals surface area contributed by atoms with Gasteiger partial charge >= 0.3 is 0 Å². The molecule has 0 aliphatic rings. The van der Waals surface area contributed by atoms with Crippen molar-refractivity contribution in [1.82, 2.24) is 0 Å². The first kappa shape index (κ1) is 26.9. The Hall–Kier alpha value is 0. The van der Waals surface area contributed by atoms with Crippen LogP contribution in [0.25, 0.3) is 0 Å². The molecule has 0 heterocycles. The predicted molar refractivity (Wildman–Crippen MR) is 108 cm³/mol. The van der Waals surface area contributed by atoms with Gasteiger partial charge in [0.1, 0.15) is 0 Å². The van der Waals surface area contributed by atoms with Crippen LogP contribution in [0, 0.1) is 11.3 Å². The molecule has 0 aromatic carbocycles. The Morgan fingerprint density at radius 1 is 0.636 bits per heavy atom. The van der Waals surface area contributed by atoms with Gasteiger partial charge in [-0.3, -0.25) is 0 Å². The van der Waals surface area contributed by atoms with Gasteiger partial charge in [-0.1, -0.05) is 120 Å². The molecule has 0 radical (unpaired) electrons. The molecule has 0 saturated heterocycles. The first-order chi connectivity index (χ1) is 10.3. The zero-order valence-electron chi connectivity index (χ0n) is 17.9. The highest BCUT2D eigenvalue weighted by molar-refractivity contribution is 4.66. The summed E-state index contributed by atoms with van der Waals surface area (Å²) < 4.78 is 0. The molecule has 0 rings (SSSR count). The van der Waals surface area contributed by atoms with Crippen LogP contribution in [0.5, 0.6) is 0 Å². The van der Waals surface area contributed by atoms with E-state index in [0.717, 1.165) is 5.92 Å². The van der Waals surface area contributed by atoms with Crippen molar-refractivity contribution in [3.8, 4) is 0 Å². The molecule has 22 heavy (non-hydrogen) atoms. The molecule has 0 fully saturated rings. The molecule has 0 spiro atoms. The van der Waals surface area contributed by atoms with Crippen molar-refractivity contribution >= 4 is 0 Å². The number of hydrogen-bond acceptors (Lipinski definition) is 0. The van der Waals surface area contributed by atoms with Crippen LogP contribution >= 0.6 is 0 Å². The predicted octanol–water partition coefficient (Wildman–Crippen LogP) is 9.03.